The first-order valence-corrected chi connectivity index (χ1v) is 8.49. The van der Waals surface area contributed by atoms with Gasteiger partial charge in [-0.3, -0.25) is 9.67 Å². The molecular formula is C16H18Cl2N4. The molecule has 0 amide bonds. The Kier molecular flexibility index (Phi) is 3.54. The number of aryl methyl sites for hydroxylation is 1. The van der Waals surface area contributed by atoms with Crippen LogP contribution in [0.2, 0.25) is 10.2 Å². The van der Waals surface area contributed by atoms with Crippen molar-refractivity contribution in [2.75, 3.05) is 6.54 Å². The molecule has 1 unspecified atom stereocenters. The molecule has 22 heavy (non-hydrogen) atoms. The van der Waals surface area contributed by atoms with Gasteiger partial charge in [0.2, 0.25) is 0 Å². The first kappa shape index (κ1) is 14.3. The second-order valence-electron chi connectivity index (χ2n) is 6.30. The number of aliphatic imine (C=N–C) groups is 1. The number of aromatic nitrogens is 2. The molecule has 1 aliphatic heterocycles. The lowest BCUT2D eigenvalue weighted by Crippen LogP contribution is -2.41. The minimum Gasteiger partial charge on any atom is -0.367 e. The lowest BCUT2D eigenvalue weighted by atomic mass is 9.80. The molecule has 0 spiro atoms. The van der Waals surface area contributed by atoms with Crippen LogP contribution >= 0.6 is 23.2 Å². The Hall–Kier alpha value is -1.26. The van der Waals surface area contributed by atoms with Crippen molar-refractivity contribution in [3.8, 4) is 0 Å². The second-order valence-corrected chi connectivity index (χ2v) is 7.09. The zero-order chi connectivity index (χ0) is 15.3. The number of benzene rings is 1. The highest BCUT2D eigenvalue weighted by molar-refractivity contribution is 6.36. The van der Waals surface area contributed by atoms with Crippen LogP contribution in [0, 0.1) is 12.8 Å². The Morgan fingerprint density at radius 1 is 1.32 bits per heavy atom. The number of hydrogen-bond donors (Lipinski definition) is 1. The highest BCUT2D eigenvalue weighted by Gasteiger charge is 2.30. The van der Waals surface area contributed by atoms with E-state index in [4.69, 9.17) is 23.2 Å². The maximum Gasteiger partial charge on any atom is 0.158 e. The third-order valence-electron chi connectivity index (χ3n) is 4.80. The predicted molar refractivity (Wildman–Crippen MR) is 91.1 cm³/mol. The lowest BCUT2D eigenvalue weighted by molar-refractivity contribution is 0.257. The molecule has 4 nitrogen and oxygen atoms in total. The van der Waals surface area contributed by atoms with E-state index in [9.17, 15) is 0 Å². The van der Waals surface area contributed by atoms with Gasteiger partial charge in [0, 0.05) is 16.5 Å². The fraction of sp³-hybridized carbons (Fsp3) is 0.500. The molecule has 2 heterocycles. The number of amidine groups is 1. The molecule has 1 N–H and O–H groups in total. The van der Waals surface area contributed by atoms with Crippen molar-refractivity contribution >= 4 is 39.9 Å². The molecule has 4 rings (SSSR count). The van der Waals surface area contributed by atoms with Gasteiger partial charge in [-0.2, -0.15) is 5.10 Å². The summed E-state index contributed by atoms with van der Waals surface area (Å²) < 4.78 is 1.93. The zero-order valence-electron chi connectivity index (χ0n) is 12.4. The fourth-order valence-corrected chi connectivity index (χ4v) is 3.93. The monoisotopic (exact) mass is 336 g/mol. The van der Waals surface area contributed by atoms with Crippen molar-refractivity contribution in [2.45, 2.75) is 38.8 Å². The molecule has 0 bridgehead atoms. The van der Waals surface area contributed by atoms with Crippen LogP contribution in [-0.4, -0.2) is 28.2 Å². The van der Waals surface area contributed by atoms with E-state index in [1.165, 1.54) is 19.3 Å². The van der Waals surface area contributed by atoms with Gasteiger partial charge in [0.25, 0.3) is 0 Å². The van der Waals surface area contributed by atoms with Gasteiger partial charge in [-0.1, -0.05) is 29.6 Å². The van der Waals surface area contributed by atoms with Crippen molar-refractivity contribution in [2.24, 2.45) is 10.9 Å². The molecule has 1 aliphatic carbocycles. The Morgan fingerprint density at radius 2 is 2.14 bits per heavy atom. The maximum atomic E-state index is 6.27. The third kappa shape index (κ3) is 2.38. The smallest absolute Gasteiger partial charge is 0.158 e. The molecule has 0 saturated heterocycles. The van der Waals surface area contributed by atoms with Crippen molar-refractivity contribution in [3.63, 3.8) is 0 Å². The van der Waals surface area contributed by atoms with E-state index >= 15 is 0 Å². The summed E-state index contributed by atoms with van der Waals surface area (Å²) in [4.78, 5) is 4.65. The first-order chi connectivity index (χ1) is 10.6. The second kappa shape index (κ2) is 5.43. The lowest BCUT2D eigenvalue weighted by Gasteiger charge is -2.31. The molecule has 1 atom stereocenters. The number of halogens is 2. The molecule has 2 aromatic rings. The van der Waals surface area contributed by atoms with E-state index in [-0.39, 0.29) is 0 Å². The maximum absolute atomic E-state index is 6.27. The normalized spacial score (nSPS) is 21.8. The average molecular weight is 337 g/mol. The highest BCUT2D eigenvalue weighted by Crippen LogP contribution is 2.32. The average Bonchev–Trinajstić information content (AvgIpc) is 2.94. The van der Waals surface area contributed by atoms with E-state index < -0.39 is 0 Å². The SMILES string of the molecule is Cc1cc(Cl)cc2c(Cl)nn(CC3=NCC(C4CCC4)N3)c12. The van der Waals surface area contributed by atoms with E-state index in [1.54, 1.807) is 0 Å². The van der Waals surface area contributed by atoms with Gasteiger partial charge in [0.05, 0.1) is 18.6 Å². The van der Waals surface area contributed by atoms with Crippen LogP contribution in [0.25, 0.3) is 10.9 Å². The highest BCUT2D eigenvalue weighted by atomic mass is 35.5. The van der Waals surface area contributed by atoms with E-state index in [0.717, 1.165) is 34.8 Å². The van der Waals surface area contributed by atoms with Gasteiger partial charge in [-0.25, -0.2) is 0 Å². The molecular weight excluding hydrogens is 319 g/mol. The van der Waals surface area contributed by atoms with Crippen LogP contribution in [0.1, 0.15) is 24.8 Å². The standard InChI is InChI=1S/C16H18Cl2N4/c1-9-5-11(17)6-12-15(9)22(21-16(12)18)8-14-19-7-13(20-14)10-3-2-4-10/h5-6,10,13H,2-4,7-8H2,1H3,(H,19,20). The molecule has 1 aromatic carbocycles. The molecule has 1 saturated carbocycles. The van der Waals surface area contributed by atoms with Crippen molar-refractivity contribution in [1.29, 1.82) is 0 Å². The molecule has 6 heteroatoms. The minimum atomic E-state index is 0.495. The van der Waals surface area contributed by atoms with Gasteiger partial charge < -0.3 is 5.32 Å². The topological polar surface area (TPSA) is 42.2 Å². The van der Waals surface area contributed by atoms with Gasteiger partial charge in [0.1, 0.15) is 5.84 Å². The Morgan fingerprint density at radius 3 is 2.86 bits per heavy atom. The summed E-state index contributed by atoms with van der Waals surface area (Å²) in [6.07, 6.45) is 4.01. The van der Waals surface area contributed by atoms with E-state index in [0.29, 0.717) is 22.8 Å². The van der Waals surface area contributed by atoms with Crippen molar-refractivity contribution in [1.82, 2.24) is 15.1 Å². The third-order valence-corrected chi connectivity index (χ3v) is 5.30. The fourth-order valence-electron chi connectivity index (χ4n) is 3.42. The van der Waals surface area contributed by atoms with Crippen LogP contribution in [0.4, 0.5) is 0 Å². The molecule has 0 radical (unpaired) electrons. The van der Waals surface area contributed by atoms with Gasteiger partial charge >= 0.3 is 0 Å². The van der Waals surface area contributed by atoms with E-state index in [2.05, 4.69) is 15.4 Å². The number of fused-ring (bicyclic) bond motifs is 1. The van der Waals surface area contributed by atoms with Crippen LogP contribution < -0.4 is 5.32 Å². The number of rotatable bonds is 3. The molecule has 2 aliphatic rings. The Bertz CT molecular complexity index is 761. The zero-order valence-corrected chi connectivity index (χ0v) is 14.0. The molecule has 116 valence electrons. The minimum absolute atomic E-state index is 0.495. The summed E-state index contributed by atoms with van der Waals surface area (Å²) in [5, 5.41) is 10.1. The summed E-state index contributed by atoms with van der Waals surface area (Å²) >= 11 is 12.4. The van der Waals surface area contributed by atoms with E-state index in [1.807, 2.05) is 23.7 Å². The Balaban J connectivity index is 1.60. The van der Waals surface area contributed by atoms with Crippen LogP contribution in [0.3, 0.4) is 0 Å². The summed E-state index contributed by atoms with van der Waals surface area (Å²) in [7, 11) is 0. The van der Waals surface area contributed by atoms with Crippen LogP contribution in [0.15, 0.2) is 17.1 Å². The first-order valence-electron chi connectivity index (χ1n) is 7.74. The number of hydrogen-bond acceptors (Lipinski definition) is 3. The number of nitrogens with zero attached hydrogens (tertiary/aromatic N) is 3. The predicted octanol–water partition coefficient (Wildman–Crippen LogP) is 3.82. The number of nitrogens with one attached hydrogen (secondary N) is 1. The quantitative estimate of drug-likeness (QED) is 0.925. The summed E-state index contributed by atoms with van der Waals surface area (Å²) in [5.41, 5.74) is 2.11. The summed E-state index contributed by atoms with van der Waals surface area (Å²) in [6.45, 7) is 3.55. The molecule has 1 aromatic heterocycles. The largest absolute Gasteiger partial charge is 0.367 e. The van der Waals surface area contributed by atoms with Crippen LogP contribution in [0.5, 0.6) is 0 Å². The Labute approximate surface area is 139 Å². The van der Waals surface area contributed by atoms with Crippen molar-refractivity contribution < 1.29 is 0 Å². The van der Waals surface area contributed by atoms with Gasteiger partial charge in [-0.05, 0) is 43.4 Å². The molecule has 1 fully saturated rings. The summed E-state index contributed by atoms with van der Waals surface area (Å²) in [6, 6.07) is 4.33. The van der Waals surface area contributed by atoms with Crippen LogP contribution in [-0.2, 0) is 6.54 Å². The van der Waals surface area contributed by atoms with Gasteiger partial charge in [0.15, 0.2) is 5.15 Å². The van der Waals surface area contributed by atoms with Gasteiger partial charge in [-0.15, -0.1) is 0 Å². The summed E-state index contributed by atoms with van der Waals surface area (Å²) in [5.74, 6) is 1.80. The van der Waals surface area contributed by atoms with Crippen molar-refractivity contribution in [3.05, 3.63) is 27.9 Å².